The predicted octanol–water partition coefficient (Wildman–Crippen LogP) is 4.81. The Morgan fingerprint density at radius 3 is 2.62 bits per heavy atom. The van der Waals surface area contributed by atoms with E-state index in [-0.39, 0.29) is 75.2 Å². The zero-order valence-electron chi connectivity index (χ0n) is 27.6. The molecule has 0 amide bonds. The van der Waals surface area contributed by atoms with E-state index < -0.39 is 36.3 Å². The van der Waals surface area contributed by atoms with Gasteiger partial charge >= 0.3 is 6.01 Å². The van der Waals surface area contributed by atoms with Crippen LogP contribution >= 0.6 is 11.3 Å². The number of piperidine rings is 1. The summed E-state index contributed by atoms with van der Waals surface area (Å²) in [7, 11) is 1.62. The Balaban J connectivity index is 1.33. The zero-order chi connectivity index (χ0) is 35.1. The van der Waals surface area contributed by atoms with Crippen LogP contribution in [-0.4, -0.2) is 99.8 Å². The minimum atomic E-state index is -3.00. The van der Waals surface area contributed by atoms with Crippen molar-refractivity contribution < 1.29 is 32.1 Å². The maximum absolute atomic E-state index is 17.4. The van der Waals surface area contributed by atoms with Crippen molar-refractivity contribution in [2.45, 2.75) is 76.0 Å². The number of nitrogens with two attached hydrogens (primary N) is 1. The summed E-state index contributed by atoms with van der Waals surface area (Å²) in [5, 5.41) is 20.7. The first-order valence-electron chi connectivity index (χ1n) is 16.8. The number of nitrogen functional groups attached to an aromatic ring is 1. The Bertz CT molecular complexity index is 2040. The normalized spacial score (nSPS) is 24.2. The lowest BCUT2D eigenvalue weighted by atomic mass is 9.93. The monoisotopic (exact) mass is 712 g/mol. The molecular formula is C34H36F4N8O3S. The first-order valence-corrected chi connectivity index (χ1v) is 17.6. The number of rotatable bonds is 7. The maximum atomic E-state index is 17.4. The minimum absolute atomic E-state index is 0.00294. The first-order chi connectivity index (χ1) is 24.0. The molecule has 8 rings (SSSR count). The first kappa shape index (κ1) is 33.3. The number of thiophene rings is 1. The molecule has 3 aromatic heterocycles. The van der Waals surface area contributed by atoms with Crippen LogP contribution in [0.3, 0.4) is 0 Å². The molecule has 16 heteroatoms. The van der Waals surface area contributed by atoms with Crippen molar-refractivity contribution in [2.75, 3.05) is 50.5 Å². The number of β-amino-alcohol motifs (C(OH)–C–C–N with tert-alkyl or cyclic N) is 1. The lowest BCUT2D eigenvalue weighted by Crippen LogP contribution is -2.55. The number of halogens is 4. The van der Waals surface area contributed by atoms with Crippen LogP contribution in [0.2, 0.25) is 0 Å². The molecule has 2 bridgehead atoms. The molecule has 0 aliphatic carbocycles. The van der Waals surface area contributed by atoms with Crippen LogP contribution in [0.25, 0.3) is 32.2 Å². The van der Waals surface area contributed by atoms with Gasteiger partial charge in [-0.15, -0.1) is 11.3 Å². The van der Waals surface area contributed by atoms with Gasteiger partial charge in [-0.25, -0.2) is 17.6 Å². The Kier molecular flexibility index (Phi) is 8.26. The van der Waals surface area contributed by atoms with Crippen LogP contribution in [0.4, 0.5) is 28.4 Å². The molecule has 3 fully saturated rings. The van der Waals surface area contributed by atoms with Crippen molar-refractivity contribution in [1.82, 2.24) is 24.8 Å². The van der Waals surface area contributed by atoms with Gasteiger partial charge in [0, 0.05) is 49.1 Å². The molecule has 4 aliphatic heterocycles. The van der Waals surface area contributed by atoms with E-state index in [1.54, 1.807) is 18.9 Å². The van der Waals surface area contributed by atoms with E-state index in [0.717, 1.165) is 30.4 Å². The van der Waals surface area contributed by atoms with Gasteiger partial charge in [-0.1, -0.05) is 0 Å². The highest BCUT2D eigenvalue weighted by Gasteiger charge is 2.46. The molecule has 50 heavy (non-hydrogen) atoms. The van der Waals surface area contributed by atoms with Gasteiger partial charge in [-0.05, 0) is 50.9 Å². The molecule has 11 nitrogen and oxygen atoms in total. The molecule has 4 aliphatic rings. The van der Waals surface area contributed by atoms with Crippen LogP contribution in [-0.2, 0) is 18.0 Å². The van der Waals surface area contributed by atoms with E-state index in [2.05, 4.69) is 19.8 Å². The summed E-state index contributed by atoms with van der Waals surface area (Å²) in [5.41, 5.74) is 7.13. The van der Waals surface area contributed by atoms with Crippen molar-refractivity contribution in [3.05, 3.63) is 34.5 Å². The topological polar surface area (TPSA) is 137 Å². The summed E-state index contributed by atoms with van der Waals surface area (Å²) in [5.74, 6) is -4.05. The Morgan fingerprint density at radius 1 is 1.18 bits per heavy atom. The van der Waals surface area contributed by atoms with E-state index in [0.29, 0.717) is 54.9 Å². The number of piperazine rings is 1. The average Bonchev–Trinajstić information content (AvgIpc) is 3.75. The third-order valence-electron chi connectivity index (χ3n) is 10.5. The molecule has 0 spiro atoms. The standard InChI is InChI=1S/C34H36F4N8O3S/c1-16(47)10-45-11-17-4-5-18(12-45)46(17)32-26-21-14-48-13-20(21)24(28-25-19(8-39)31(40)50-30(25)22(35)9-41-28)27(36)29(26)42-33(43-32)49-15-23-34(37,38)6-3-7-44(23)2/h9,16-18,23,47H,3-7,10-15,40H2,1-2H3. The minimum Gasteiger partial charge on any atom is -0.461 e. The largest absolute Gasteiger partial charge is 0.461 e. The summed E-state index contributed by atoms with van der Waals surface area (Å²) in [6.45, 7) is 3.76. The van der Waals surface area contributed by atoms with Crippen molar-refractivity contribution in [2.24, 2.45) is 0 Å². The number of aromatic nitrogens is 3. The molecular weight excluding hydrogens is 676 g/mol. The molecule has 3 saturated heterocycles. The van der Waals surface area contributed by atoms with E-state index in [9.17, 15) is 14.8 Å². The van der Waals surface area contributed by atoms with Gasteiger partial charge in [-0.2, -0.15) is 15.2 Å². The SMILES string of the molecule is CC(O)CN1CC2CCC(C1)N2c1nc(OCC2N(C)CCCC2(F)F)nc2c(F)c(-c3ncc(F)c4sc(N)c(C#N)c34)c3c(c12)COC3. The molecule has 4 atom stereocenters. The van der Waals surface area contributed by atoms with Crippen LogP contribution < -0.4 is 15.4 Å². The number of benzene rings is 1. The van der Waals surface area contributed by atoms with Gasteiger partial charge < -0.3 is 25.2 Å². The Labute approximate surface area is 289 Å². The number of nitrogens with zero attached hydrogens (tertiary/aromatic N) is 7. The van der Waals surface area contributed by atoms with Gasteiger partial charge in [0.25, 0.3) is 5.92 Å². The lowest BCUT2D eigenvalue weighted by molar-refractivity contribution is -0.117. The second-order valence-corrected chi connectivity index (χ2v) is 14.9. The number of alkyl halides is 2. The summed E-state index contributed by atoms with van der Waals surface area (Å²) in [4.78, 5) is 19.6. The van der Waals surface area contributed by atoms with Gasteiger partial charge in [0.2, 0.25) is 0 Å². The fraction of sp³-hybridized carbons (Fsp3) is 0.529. The highest BCUT2D eigenvalue weighted by Crippen LogP contribution is 2.48. The number of aliphatic hydroxyl groups excluding tert-OH is 1. The molecule has 7 heterocycles. The fourth-order valence-corrected chi connectivity index (χ4v) is 9.27. The average molecular weight is 713 g/mol. The third-order valence-corrected chi connectivity index (χ3v) is 11.6. The van der Waals surface area contributed by atoms with Gasteiger partial charge in [0.15, 0.2) is 11.6 Å². The molecule has 4 unspecified atom stereocenters. The number of ether oxygens (including phenoxy) is 2. The van der Waals surface area contributed by atoms with E-state index >= 15 is 13.2 Å². The number of likely N-dealkylation sites (tertiary alicyclic amines) is 2. The number of aliphatic hydroxyl groups is 1. The van der Waals surface area contributed by atoms with E-state index in [4.69, 9.17) is 20.2 Å². The Morgan fingerprint density at radius 2 is 1.92 bits per heavy atom. The highest BCUT2D eigenvalue weighted by atomic mass is 32.1. The number of nitriles is 1. The van der Waals surface area contributed by atoms with Crippen LogP contribution in [0.15, 0.2) is 6.20 Å². The number of hydrogen-bond donors (Lipinski definition) is 2. The molecule has 264 valence electrons. The van der Waals surface area contributed by atoms with Crippen molar-refractivity contribution in [1.29, 1.82) is 5.26 Å². The maximum Gasteiger partial charge on any atom is 0.319 e. The second kappa shape index (κ2) is 12.4. The quantitative estimate of drug-likeness (QED) is 0.256. The van der Waals surface area contributed by atoms with E-state index in [1.165, 1.54) is 0 Å². The van der Waals surface area contributed by atoms with Crippen molar-refractivity contribution in [3.63, 3.8) is 0 Å². The smallest absolute Gasteiger partial charge is 0.319 e. The van der Waals surface area contributed by atoms with Crippen LogP contribution in [0, 0.1) is 23.0 Å². The van der Waals surface area contributed by atoms with Crippen molar-refractivity contribution in [3.8, 4) is 23.3 Å². The number of anilines is 2. The molecule has 0 saturated carbocycles. The fourth-order valence-electron chi connectivity index (χ4n) is 8.35. The van der Waals surface area contributed by atoms with Gasteiger partial charge in [0.1, 0.15) is 35.1 Å². The molecule has 3 N–H and O–H groups in total. The molecule has 4 aromatic rings. The lowest BCUT2D eigenvalue weighted by Gasteiger charge is -2.42. The molecule has 1 aromatic carbocycles. The van der Waals surface area contributed by atoms with E-state index in [1.807, 2.05) is 6.07 Å². The van der Waals surface area contributed by atoms with Gasteiger partial charge in [-0.3, -0.25) is 14.8 Å². The number of fused-ring (bicyclic) bond motifs is 6. The third kappa shape index (κ3) is 5.32. The van der Waals surface area contributed by atoms with Crippen molar-refractivity contribution >= 4 is 43.1 Å². The highest BCUT2D eigenvalue weighted by molar-refractivity contribution is 7.23. The van der Waals surface area contributed by atoms with Crippen LogP contribution in [0.1, 0.15) is 49.3 Å². The molecule has 0 radical (unpaired) electrons. The zero-order valence-corrected chi connectivity index (χ0v) is 28.4. The summed E-state index contributed by atoms with van der Waals surface area (Å²) >= 11 is 0.886. The summed E-state index contributed by atoms with van der Waals surface area (Å²) in [6, 6.07) is 0.520. The van der Waals surface area contributed by atoms with Gasteiger partial charge in [0.05, 0.1) is 46.9 Å². The van der Waals surface area contributed by atoms with Crippen LogP contribution in [0.5, 0.6) is 6.01 Å². The second-order valence-electron chi connectivity index (χ2n) is 13.8. The Hall–Kier alpha value is -3.88. The summed E-state index contributed by atoms with van der Waals surface area (Å²) in [6.07, 6.45) is 2.25. The number of likely N-dealkylation sites (N-methyl/N-ethyl adjacent to an activating group) is 1. The number of hydrogen-bond acceptors (Lipinski definition) is 12. The predicted molar refractivity (Wildman–Crippen MR) is 179 cm³/mol. The summed E-state index contributed by atoms with van der Waals surface area (Å²) < 4.78 is 74.4. The number of pyridine rings is 1.